The molecular weight excluding hydrogens is 206 g/mol. The van der Waals surface area contributed by atoms with Crippen LogP contribution >= 0.6 is 0 Å². The van der Waals surface area contributed by atoms with Crippen LogP contribution in [0, 0.1) is 0 Å². The molecule has 1 heterocycles. The van der Waals surface area contributed by atoms with Gasteiger partial charge in [-0.05, 0) is 13.0 Å². The number of aromatic amines is 1. The molecule has 0 radical (unpaired) electrons. The van der Waals surface area contributed by atoms with Crippen LogP contribution in [0.2, 0.25) is 0 Å². The number of amides is 1. The summed E-state index contributed by atoms with van der Waals surface area (Å²) in [5.74, 6) is 0.718. The van der Waals surface area contributed by atoms with Crippen molar-refractivity contribution in [2.45, 2.75) is 39.3 Å². The molecule has 1 amide bonds. The Hall–Kier alpha value is -1.43. The van der Waals surface area contributed by atoms with Gasteiger partial charge in [0.1, 0.15) is 12.2 Å². The van der Waals surface area contributed by atoms with E-state index < -0.39 is 0 Å². The number of hydrogen-bond acceptors (Lipinski definition) is 4. The van der Waals surface area contributed by atoms with Crippen LogP contribution in [0.5, 0.6) is 0 Å². The highest BCUT2D eigenvalue weighted by Gasteiger charge is 2.02. The van der Waals surface area contributed by atoms with Crippen molar-refractivity contribution in [3.05, 3.63) is 12.2 Å². The lowest BCUT2D eigenvalue weighted by Gasteiger charge is -2.07. The van der Waals surface area contributed by atoms with Crippen molar-refractivity contribution >= 4 is 5.91 Å². The molecule has 0 aromatic carbocycles. The zero-order chi connectivity index (χ0) is 11.8. The van der Waals surface area contributed by atoms with Gasteiger partial charge in [-0.15, -0.1) is 0 Å². The average molecular weight is 225 g/mol. The Balaban J connectivity index is 2.03. The second-order valence-corrected chi connectivity index (χ2v) is 3.92. The van der Waals surface area contributed by atoms with Gasteiger partial charge in [0.15, 0.2) is 0 Å². The maximum absolute atomic E-state index is 11.4. The van der Waals surface area contributed by atoms with Gasteiger partial charge in [-0.25, -0.2) is 4.98 Å². The summed E-state index contributed by atoms with van der Waals surface area (Å²) in [4.78, 5) is 15.3. The van der Waals surface area contributed by atoms with E-state index in [9.17, 15) is 4.79 Å². The van der Waals surface area contributed by atoms with Crippen LogP contribution in [0.15, 0.2) is 6.33 Å². The van der Waals surface area contributed by atoms with E-state index >= 15 is 0 Å². The van der Waals surface area contributed by atoms with Gasteiger partial charge in [0.05, 0.1) is 6.54 Å². The fourth-order valence-corrected chi connectivity index (χ4v) is 1.23. The molecule has 0 aliphatic rings. The SMILES string of the molecule is CC(C)NCCCC(=O)NCc1ncn[nH]1. The summed E-state index contributed by atoms with van der Waals surface area (Å²) in [5.41, 5.74) is 0. The van der Waals surface area contributed by atoms with Gasteiger partial charge in [-0.1, -0.05) is 13.8 Å². The number of carbonyl (C=O) groups is 1. The molecule has 0 aliphatic carbocycles. The highest BCUT2D eigenvalue weighted by Crippen LogP contribution is 1.90. The fraction of sp³-hybridized carbons (Fsp3) is 0.700. The second-order valence-electron chi connectivity index (χ2n) is 3.92. The summed E-state index contributed by atoms with van der Waals surface area (Å²) in [6, 6.07) is 0.470. The predicted octanol–water partition coefficient (Wildman–Crippen LogP) is 0.199. The molecule has 0 saturated heterocycles. The summed E-state index contributed by atoms with van der Waals surface area (Å²) in [6.45, 7) is 5.46. The molecule has 16 heavy (non-hydrogen) atoms. The lowest BCUT2D eigenvalue weighted by atomic mass is 10.2. The molecule has 6 heteroatoms. The number of nitrogens with one attached hydrogen (secondary N) is 3. The number of hydrogen-bond donors (Lipinski definition) is 3. The molecule has 1 aromatic heterocycles. The van der Waals surface area contributed by atoms with E-state index in [4.69, 9.17) is 0 Å². The maximum atomic E-state index is 11.4. The molecular formula is C10H19N5O. The number of nitrogens with zero attached hydrogens (tertiary/aromatic N) is 2. The molecule has 0 saturated carbocycles. The van der Waals surface area contributed by atoms with E-state index in [1.807, 2.05) is 0 Å². The highest BCUT2D eigenvalue weighted by molar-refractivity contribution is 5.75. The first-order chi connectivity index (χ1) is 7.68. The Labute approximate surface area is 95.2 Å². The van der Waals surface area contributed by atoms with E-state index in [1.54, 1.807) is 0 Å². The van der Waals surface area contributed by atoms with Crippen molar-refractivity contribution in [1.29, 1.82) is 0 Å². The molecule has 3 N–H and O–H groups in total. The van der Waals surface area contributed by atoms with Gasteiger partial charge in [0.2, 0.25) is 5.91 Å². The van der Waals surface area contributed by atoms with Gasteiger partial charge in [-0.3, -0.25) is 9.89 Å². The molecule has 1 aromatic rings. The first kappa shape index (κ1) is 12.6. The van der Waals surface area contributed by atoms with Gasteiger partial charge in [0.25, 0.3) is 0 Å². The Bertz CT molecular complexity index is 296. The Morgan fingerprint density at radius 1 is 1.56 bits per heavy atom. The minimum absolute atomic E-state index is 0.0435. The Morgan fingerprint density at radius 3 is 3.00 bits per heavy atom. The van der Waals surface area contributed by atoms with Crippen molar-refractivity contribution in [3.8, 4) is 0 Å². The van der Waals surface area contributed by atoms with E-state index in [2.05, 4.69) is 39.7 Å². The zero-order valence-electron chi connectivity index (χ0n) is 9.79. The van der Waals surface area contributed by atoms with Crippen molar-refractivity contribution in [2.24, 2.45) is 0 Å². The van der Waals surface area contributed by atoms with Crippen LogP contribution in [0.25, 0.3) is 0 Å². The largest absolute Gasteiger partial charge is 0.349 e. The second kappa shape index (κ2) is 6.95. The minimum atomic E-state index is 0.0435. The van der Waals surface area contributed by atoms with Crippen molar-refractivity contribution < 1.29 is 4.79 Å². The smallest absolute Gasteiger partial charge is 0.220 e. The Morgan fingerprint density at radius 2 is 2.38 bits per heavy atom. The fourth-order valence-electron chi connectivity index (χ4n) is 1.23. The number of carbonyl (C=O) groups excluding carboxylic acids is 1. The number of H-pyrrole nitrogens is 1. The quantitative estimate of drug-likeness (QED) is 0.579. The molecule has 0 unspecified atom stereocenters. The first-order valence-corrected chi connectivity index (χ1v) is 5.53. The van der Waals surface area contributed by atoms with Crippen LogP contribution in [0.1, 0.15) is 32.5 Å². The Kier molecular flexibility index (Phi) is 5.49. The lowest BCUT2D eigenvalue weighted by molar-refractivity contribution is -0.121. The molecule has 90 valence electrons. The van der Waals surface area contributed by atoms with E-state index in [-0.39, 0.29) is 5.91 Å². The van der Waals surface area contributed by atoms with Crippen molar-refractivity contribution in [2.75, 3.05) is 6.54 Å². The number of aromatic nitrogens is 3. The first-order valence-electron chi connectivity index (χ1n) is 5.53. The van der Waals surface area contributed by atoms with Crippen molar-refractivity contribution in [1.82, 2.24) is 25.8 Å². The molecule has 1 rings (SSSR count). The third kappa shape index (κ3) is 5.45. The molecule has 0 fully saturated rings. The third-order valence-corrected chi connectivity index (χ3v) is 2.05. The molecule has 0 atom stereocenters. The summed E-state index contributed by atoms with van der Waals surface area (Å²) in [6.07, 6.45) is 2.81. The van der Waals surface area contributed by atoms with Crippen LogP contribution in [-0.4, -0.2) is 33.7 Å². The van der Waals surface area contributed by atoms with Gasteiger partial charge >= 0.3 is 0 Å². The third-order valence-electron chi connectivity index (χ3n) is 2.05. The molecule has 0 bridgehead atoms. The van der Waals surface area contributed by atoms with Crippen LogP contribution in [-0.2, 0) is 11.3 Å². The zero-order valence-corrected chi connectivity index (χ0v) is 9.79. The minimum Gasteiger partial charge on any atom is -0.349 e. The predicted molar refractivity (Wildman–Crippen MR) is 60.6 cm³/mol. The summed E-state index contributed by atoms with van der Waals surface area (Å²) < 4.78 is 0. The van der Waals surface area contributed by atoms with Gasteiger partial charge < -0.3 is 10.6 Å². The van der Waals surface area contributed by atoms with E-state index in [1.165, 1.54) is 6.33 Å². The molecule has 6 nitrogen and oxygen atoms in total. The van der Waals surface area contributed by atoms with Gasteiger partial charge in [-0.2, -0.15) is 5.10 Å². The maximum Gasteiger partial charge on any atom is 0.220 e. The van der Waals surface area contributed by atoms with E-state index in [0.29, 0.717) is 24.8 Å². The monoisotopic (exact) mass is 225 g/mol. The summed E-state index contributed by atoms with van der Waals surface area (Å²) in [7, 11) is 0. The average Bonchev–Trinajstić information content (AvgIpc) is 2.74. The van der Waals surface area contributed by atoms with Crippen LogP contribution < -0.4 is 10.6 Å². The lowest BCUT2D eigenvalue weighted by Crippen LogP contribution is -2.27. The number of rotatable bonds is 7. The van der Waals surface area contributed by atoms with E-state index in [0.717, 1.165) is 13.0 Å². The standard InChI is InChI=1S/C10H19N5O/c1-8(2)11-5-3-4-10(16)12-6-9-13-7-14-15-9/h7-8,11H,3-6H2,1-2H3,(H,12,16)(H,13,14,15). The van der Waals surface area contributed by atoms with Crippen LogP contribution in [0.4, 0.5) is 0 Å². The normalized spacial score (nSPS) is 10.7. The molecule has 0 spiro atoms. The summed E-state index contributed by atoms with van der Waals surface area (Å²) in [5, 5.41) is 12.4. The topological polar surface area (TPSA) is 82.7 Å². The molecule has 0 aliphatic heterocycles. The van der Waals surface area contributed by atoms with Crippen molar-refractivity contribution in [3.63, 3.8) is 0 Å². The highest BCUT2D eigenvalue weighted by atomic mass is 16.1. The van der Waals surface area contributed by atoms with Gasteiger partial charge in [0, 0.05) is 12.5 Å². The summed E-state index contributed by atoms with van der Waals surface area (Å²) >= 11 is 0. The van der Waals surface area contributed by atoms with Crippen LogP contribution in [0.3, 0.4) is 0 Å².